The van der Waals surface area contributed by atoms with Gasteiger partial charge in [-0.25, -0.2) is 4.98 Å². The Labute approximate surface area is 140 Å². The fourth-order valence-electron chi connectivity index (χ4n) is 2.17. The van der Waals surface area contributed by atoms with Gasteiger partial charge in [-0.1, -0.05) is 13.8 Å². The Hall–Kier alpha value is -1.86. The highest BCUT2D eigenvalue weighted by molar-refractivity contribution is 7.09. The summed E-state index contributed by atoms with van der Waals surface area (Å²) in [6.07, 6.45) is 0.113. The molecule has 0 aliphatic heterocycles. The lowest BCUT2D eigenvalue weighted by Gasteiger charge is -2.16. The van der Waals surface area contributed by atoms with Crippen molar-refractivity contribution in [2.45, 2.75) is 26.4 Å². The highest BCUT2D eigenvalue weighted by Crippen LogP contribution is 2.29. The molecule has 0 spiro atoms. The number of nitrogens with one attached hydrogen (secondary N) is 1. The van der Waals surface area contributed by atoms with Crippen LogP contribution < -0.4 is 14.8 Å². The average molecular weight is 337 g/mol. The van der Waals surface area contributed by atoms with Crippen LogP contribution in [0, 0.1) is 5.92 Å². The molecule has 1 unspecified atom stereocenters. The highest BCUT2D eigenvalue weighted by atomic mass is 32.1. The Morgan fingerprint density at radius 3 is 2.70 bits per heavy atom. The normalized spacial score (nSPS) is 12.3. The monoisotopic (exact) mass is 337 g/mol. The van der Waals surface area contributed by atoms with E-state index in [9.17, 15) is 5.11 Å². The quantitative estimate of drug-likeness (QED) is 0.771. The zero-order valence-electron chi connectivity index (χ0n) is 13.9. The Morgan fingerprint density at radius 2 is 2.04 bits per heavy atom. The molecule has 1 heterocycles. The summed E-state index contributed by atoms with van der Waals surface area (Å²) >= 11 is 1.31. The molecule has 0 amide bonds. The molecule has 0 radical (unpaired) electrons. The van der Waals surface area contributed by atoms with Gasteiger partial charge in [-0.3, -0.25) is 0 Å². The van der Waals surface area contributed by atoms with Gasteiger partial charge in [-0.15, -0.1) is 0 Å². The molecule has 23 heavy (non-hydrogen) atoms. The molecule has 0 aliphatic rings. The largest absolute Gasteiger partial charge is 0.497 e. The minimum absolute atomic E-state index is 0.319. The van der Waals surface area contributed by atoms with E-state index < -0.39 is 6.10 Å². The van der Waals surface area contributed by atoms with E-state index in [2.05, 4.69) is 28.5 Å². The van der Waals surface area contributed by atoms with Crippen LogP contribution >= 0.6 is 11.5 Å². The summed E-state index contributed by atoms with van der Waals surface area (Å²) in [4.78, 5) is 4.42. The molecule has 0 aliphatic carbocycles. The Bertz CT molecular complexity index is 631. The number of aliphatic hydroxyl groups is 1. The van der Waals surface area contributed by atoms with Crippen LogP contribution in [0.3, 0.4) is 0 Å². The summed E-state index contributed by atoms with van der Waals surface area (Å²) in [6, 6.07) is 5.35. The summed E-state index contributed by atoms with van der Waals surface area (Å²) in [5.74, 6) is 2.65. The molecule has 1 aromatic heterocycles. The van der Waals surface area contributed by atoms with Crippen LogP contribution in [0.5, 0.6) is 11.5 Å². The van der Waals surface area contributed by atoms with Gasteiger partial charge in [0.05, 0.1) is 20.3 Å². The van der Waals surface area contributed by atoms with Crippen LogP contribution in [-0.4, -0.2) is 35.2 Å². The van der Waals surface area contributed by atoms with Gasteiger partial charge in [0, 0.05) is 30.1 Å². The van der Waals surface area contributed by atoms with Crippen molar-refractivity contribution in [3.63, 3.8) is 0 Å². The first-order valence-electron chi connectivity index (χ1n) is 7.50. The highest BCUT2D eigenvalue weighted by Gasteiger charge is 2.15. The van der Waals surface area contributed by atoms with Crippen molar-refractivity contribution in [1.29, 1.82) is 0 Å². The third-order valence-corrected chi connectivity index (χ3v) is 4.01. The van der Waals surface area contributed by atoms with Crippen LogP contribution in [0.25, 0.3) is 0 Å². The van der Waals surface area contributed by atoms with Gasteiger partial charge in [0.25, 0.3) is 0 Å². The second-order valence-electron chi connectivity index (χ2n) is 5.62. The minimum atomic E-state index is -0.738. The lowest BCUT2D eigenvalue weighted by molar-refractivity contribution is 0.186. The summed E-state index contributed by atoms with van der Waals surface area (Å²) < 4.78 is 14.8. The molecule has 2 aromatic rings. The summed E-state index contributed by atoms with van der Waals surface area (Å²) in [6.45, 7) is 4.58. The number of hydrogen-bond donors (Lipinski definition) is 2. The zero-order valence-corrected chi connectivity index (χ0v) is 14.7. The molecule has 2 rings (SSSR count). The predicted molar refractivity (Wildman–Crippen MR) is 91.4 cm³/mol. The molecule has 6 nitrogen and oxygen atoms in total. The molecule has 1 aromatic carbocycles. The second-order valence-corrected chi connectivity index (χ2v) is 6.37. The van der Waals surface area contributed by atoms with E-state index in [0.29, 0.717) is 34.7 Å². The van der Waals surface area contributed by atoms with Gasteiger partial charge >= 0.3 is 0 Å². The summed E-state index contributed by atoms with van der Waals surface area (Å²) in [5.41, 5.74) is 0.672. The van der Waals surface area contributed by atoms with Gasteiger partial charge in [-0.2, -0.15) is 4.37 Å². The Balaban J connectivity index is 2.01. The lowest BCUT2D eigenvalue weighted by Crippen LogP contribution is -2.13. The second kappa shape index (κ2) is 8.12. The van der Waals surface area contributed by atoms with Crippen molar-refractivity contribution in [3.8, 4) is 11.5 Å². The van der Waals surface area contributed by atoms with Crippen molar-refractivity contribution in [2.24, 2.45) is 5.92 Å². The third-order valence-electron chi connectivity index (χ3n) is 3.30. The third kappa shape index (κ3) is 4.80. The van der Waals surface area contributed by atoms with Gasteiger partial charge in [-0.05, 0) is 24.1 Å². The zero-order chi connectivity index (χ0) is 16.8. The van der Waals surface area contributed by atoms with Crippen LogP contribution in [0.1, 0.15) is 31.3 Å². The maximum absolute atomic E-state index is 10.4. The first-order valence-corrected chi connectivity index (χ1v) is 8.27. The fourth-order valence-corrected chi connectivity index (χ4v) is 2.77. The standard InChI is InChI=1S/C16H23N3O3S/c1-10(2)7-15-18-16(23-19-15)17-9-13(20)12-8-11(21-3)5-6-14(12)22-4/h5-6,8,10,13,20H,7,9H2,1-4H3,(H,17,18,19). The van der Waals surface area contributed by atoms with Crippen molar-refractivity contribution in [2.75, 3.05) is 26.1 Å². The predicted octanol–water partition coefficient (Wildman–Crippen LogP) is 2.90. The van der Waals surface area contributed by atoms with E-state index in [1.165, 1.54) is 11.5 Å². The van der Waals surface area contributed by atoms with Gasteiger partial charge in [0.1, 0.15) is 17.3 Å². The minimum Gasteiger partial charge on any atom is -0.497 e. The van der Waals surface area contributed by atoms with E-state index >= 15 is 0 Å². The van der Waals surface area contributed by atoms with Crippen molar-refractivity contribution in [3.05, 3.63) is 29.6 Å². The number of methoxy groups -OCH3 is 2. The van der Waals surface area contributed by atoms with E-state index in [4.69, 9.17) is 9.47 Å². The molecule has 0 saturated heterocycles. The number of rotatable bonds is 8. The SMILES string of the molecule is COc1ccc(OC)c(C(O)CNc2nc(CC(C)C)ns2)c1. The van der Waals surface area contributed by atoms with Crippen LogP contribution in [-0.2, 0) is 6.42 Å². The van der Waals surface area contributed by atoms with E-state index in [-0.39, 0.29) is 0 Å². The molecule has 2 N–H and O–H groups in total. The molecule has 7 heteroatoms. The average Bonchev–Trinajstić information content (AvgIpc) is 2.98. The maximum atomic E-state index is 10.4. The lowest BCUT2D eigenvalue weighted by atomic mass is 10.1. The molecular formula is C16H23N3O3S. The van der Waals surface area contributed by atoms with Crippen molar-refractivity contribution >= 4 is 16.7 Å². The van der Waals surface area contributed by atoms with Crippen molar-refractivity contribution in [1.82, 2.24) is 9.36 Å². The first kappa shape index (κ1) is 17.5. The van der Waals surface area contributed by atoms with E-state index in [1.54, 1.807) is 32.4 Å². The van der Waals surface area contributed by atoms with Crippen LogP contribution in [0.4, 0.5) is 5.13 Å². The fraction of sp³-hybridized carbons (Fsp3) is 0.500. The summed E-state index contributed by atoms with van der Waals surface area (Å²) in [5, 5.41) is 14.3. The molecule has 1 atom stereocenters. The number of nitrogens with zero attached hydrogens (tertiary/aromatic N) is 2. The summed E-state index contributed by atoms with van der Waals surface area (Å²) in [7, 11) is 3.17. The van der Waals surface area contributed by atoms with Gasteiger partial charge in [0.2, 0.25) is 5.13 Å². The number of aromatic nitrogens is 2. The Kier molecular flexibility index (Phi) is 6.18. The number of aliphatic hydroxyl groups excluding tert-OH is 1. The maximum Gasteiger partial charge on any atom is 0.202 e. The number of anilines is 1. The molecule has 0 saturated carbocycles. The molecule has 126 valence electrons. The van der Waals surface area contributed by atoms with E-state index in [1.807, 2.05) is 0 Å². The molecular weight excluding hydrogens is 314 g/mol. The van der Waals surface area contributed by atoms with Crippen LogP contribution in [0.15, 0.2) is 18.2 Å². The number of hydrogen-bond acceptors (Lipinski definition) is 7. The van der Waals surface area contributed by atoms with Crippen LogP contribution in [0.2, 0.25) is 0 Å². The van der Waals surface area contributed by atoms with Gasteiger partial charge < -0.3 is 19.9 Å². The smallest absolute Gasteiger partial charge is 0.202 e. The number of benzene rings is 1. The van der Waals surface area contributed by atoms with Gasteiger partial charge in [0.15, 0.2) is 0 Å². The first-order chi connectivity index (χ1) is 11.0. The Morgan fingerprint density at radius 1 is 1.26 bits per heavy atom. The molecule has 0 fully saturated rings. The molecule has 0 bridgehead atoms. The van der Waals surface area contributed by atoms with Crippen molar-refractivity contribution < 1.29 is 14.6 Å². The number of ether oxygens (including phenoxy) is 2. The topological polar surface area (TPSA) is 76.5 Å². The van der Waals surface area contributed by atoms with E-state index in [0.717, 1.165) is 12.2 Å².